The molecular formula is C13H19Br2N5. The zero-order valence-corrected chi connectivity index (χ0v) is 15.1. The van der Waals surface area contributed by atoms with Crippen LogP contribution in [0.3, 0.4) is 0 Å². The quantitative estimate of drug-likeness (QED) is 0.689. The molecule has 2 aromatic rings. The molecule has 0 radical (unpaired) electrons. The first-order valence-corrected chi connectivity index (χ1v) is 8.59. The molecular weight excluding hydrogens is 386 g/mol. The van der Waals surface area contributed by atoms with Crippen molar-refractivity contribution in [3.05, 3.63) is 27.8 Å². The van der Waals surface area contributed by atoms with E-state index in [-0.39, 0.29) is 4.83 Å². The second-order valence-electron chi connectivity index (χ2n) is 4.59. The average Bonchev–Trinajstić information content (AvgIpc) is 3.04. The van der Waals surface area contributed by atoms with Crippen LogP contribution in [-0.2, 0) is 19.5 Å². The van der Waals surface area contributed by atoms with Crippen molar-refractivity contribution in [2.24, 2.45) is 0 Å². The van der Waals surface area contributed by atoms with E-state index in [9.17, 15) is 0 Å². The predicted octanol–water partition coefficient (Wildman–Crippen LogP) is 3.71. The fourth-order valence-electron chi connectivity index (χ4n) is 2.07. The van der Waals surface area contributed by atoms with Crippen LogP contribution < -0.4 is 0 Å². The third kappa shape index (κ3) is 3.14. The Morgan fingerprint density at radius 3 is 2.65 bits per heavy atom. The normalized spacial score (nSPS) is 12.8. The first kappa shape index (κ1) is 15.7. The molecule has 0 bridgehead atoms. The zero-order chi connectivity index (χ0) is 14.7. The number of aromatic nitrogens is 5. The van der Waals surface area contributed by atoms with E-state index in [1.54, 1.807) is 0 Å². The molecule has 0 aliphatic heterocycles. The van der Waals surface area contributed by atoms with Gasteiger partial charge in [0.05, 0.1) is 39.1 Å². The molecule has 7 heteroatoms. The molecule has 0 aliphatic carbocycles. The first-order chi connectivity index (χ1) is 9.60. The topological polar surface area (TPSA) is 48.5 Å². The van der Waals surface area contributed by atoms with Crippen molar-refractivity contribution in [3.63, 3.8) is 0 Å². The molecule has 0 N–H and O–H groups in total. The lowest BCUT2D eigenvalue weighted by Crippen LogP contribution is -2.09. The molecule has 2 heterocycles. The first-order valence-electron chi connectivity index (χ1n) is 6.88. The third-order valence-electron chi connectivity index (χ3n) is 3.24. The van der Waals surface area contributed by atoms with E-state index in [0.717, 1.165) is 40.9 Å². The highest BCUT2D eigenvalue weighted by molar-refractivity contribution is 9.10. The van der Waals surface area contributed by atoms with Crippen LogP contribution in [0.5, 0.6) is 0 Å². The minimum atomic E-state index is 0.266. The predicted molar refractivity (Wildman–Crippen MR) is 86.1 cm³/mol. The second-order valence-corrected chi connectivity index (χ2v) is 6.49. The molecule has 0 saturated carbocycles. The van der Waals surface area contributed by atoms with Crippen LogP contribution in [0.15, 0.2) is 10.7 Å². The molecule has 5 nitrogen and oxygen atoms in total. The van der Waals surface area contributed by atoms with Crippen LogP contribution >= 0.6 is 31.9 Å². The van der Waals surface area contributed by atoms with Gasteiger partial charge in [-0.15, -0.1) is 5.10 Å². The highest BCUT2D eigenvalue weighted by Gasteiger charge is 2.16. The molecule has 20 heavy (non-hydrogen) atoms. The highest BCUT2D eigenvalue weighted by Crippen LogP contribution is 2.25. The molecule has 0 aromatic carbocycles. The molecule has 0 amide bonds. The van der Waals surface area contributed by atoms with Crippen molar-refractivity contribution >= 4 is 31.9 Å². The summed E-state index contributed by atoms with van der Waals surface area (Å²) in [5.41, 5.74) is 3.21. The number of nitrogens with zero attached hydrogens (tertiary/aromatic N) is 5. The van der Waals surface area contributed by atoms with E-state index in [4.69, 9.17) is 0 Å². The minimum Gasteiger partial charge on any atom is -0.267 e. The standard InChI is InChI=1S/C13H19Br2N5/c1-4-9(14)11-7-19(18-16-11)8-12-13(15)10(5-2)17-20(12)6-3/h7,9H,4-6,8H2,1-3H3. The molecule has 1 atom stereocenters. The summed E-state index contributed by atoms with van der Waals surface area (Å²) < 4.78 is 4.98. The summed E-state index contributed by atoms with van der Waals surface area (Å²) in [5, 5.41) is 13.0. The summed E-state index contributed by atoms with van der Waals surface area (Å²) in [6.45, 7) is 7.86. The molecule has 0 aliphatic rings. The van der Waals surface area contributed by atoms with E-state index in [1.165, 1.54) is 0 Å². The summed E-state index contributed by atoms with van der Waals surface area (Å²) in [4.78, 5) is 0.266. The van der Waals surface area contributed by atoms with Gasteiger partial charge in [-0.1, -0.05) is 35.0 Å². The summed E-state index contributed by atoms with van der Waals surface area (Å²) in [5.74, 6) is 0. The van der Waals surface area contributed by atoms with E-state index in [0.29, 0.717) is 6.54 Å². The van der Waals surface area contributed by atoms with Gasteiger partial charge in [0.1, 0.15) is 0 Å². The third-order valence-corrected chi connectivity index (χ3v) is 5.27. The maximum atomic E-state index is 4.60. The van der Waals surface area contributed by atoms with Gasteiger partial charge in [0.15, 0.2) is 0 Å². The number of alkyl halides is 1. The van der Waals surface area contributed by atoms with Crippen LogP contribution in [0.2, 0.25) is 0 Å². The number of hydrogen-bond acceptors (Lipinski definition) is 3. The Kier molecular flexibility index (Phi) is 5.37. The van der Waals surface area contributed by atoms with Crippen LogP contribution in [0.4, 0.5) is 0 Å². The summed E-state index contributed by atoms with van der Waals surface area (Å²) in [6.07, 6.45) is 3.91. The van der Waals surface area contributed by atoms with Gasteiger partial charge >= 0.3 is 0 Å². The summed E-state index contributed by atoms with van der Waals surface area (Å²) in [7, 11) is 0. The fraction of sp³-hybridized carbons (Fsp3) is 0.615. The molecule has 110 valence electrons. The number of hydrogen-bond donors (Lipinski definition) is 0. The zero-order valence-electron chi connectivity index (χ0n) is 12.0. The summed E-state index contributed by atoms with van der Waals surface area (Å²) >= 11 is 7.25. The Morgan fingerprint density at radius 1 is 1.30 bits per heavy atom. The van der Waals surface area contributed by atoms with E-state index in [1.807, 2.05) is 15.6 Å². The van der Waals surface area contributed by atoms with Crippen LogP contribution in [0.25, 0.3) is 0 Å². The lowest BCUT2D eigenvalue weighted by Gasteiger charge is -2.05. The number of halogens is 2. The second kappa shape index (κ2) is 6.85. The number of rotatable bonds is 6. The van der Waals surface area contributed by atoms with Crippen LogP contribution in [-0.4, -0.2) is 24.8 Å². The fourth-order valence-corrected chi connectivity index (χ4v) is 2.96. The average molecular weight is 405 g/mol. The Bertz CT molecular complexity index is 575. The Labute approximate surface area is 136 Å². The van der Waals surface area contributed by atoms with Gasteiger partial charge in [0.25, 0.3) is 0 Å². The Morgan fingerprint density at radius 2 is 2.05 bits per heavy atom. The lowest BCUT2D eigenvalue weighted by atomic mass is 10.3. The van der Waals surface area contributed by atoms with Crippen molar-refractivity contribution in [2.75, 3.05) is 0 Å². The summed E-state index contributed by atoms with van der Waals surface area (Å²) in [6, 6.07) is 0. The van der Waals surface area contributed by atoms with Crippen LogP contribution in [0, 0.1) is 0 Å². The van der Waals surface area contributed by atoms with Gasteiger partial charge in [-0.2, -0.15) is 5.10 Å². The SMILES string of the molecule is CCc1nn(CC)c(Cn2cc(C(Br)CC)nn2)c1Br. The van der Waals surface area contributed by atoms with Gasteiger partial charge in [0, 0.05) is 6.54 Å². The smallest absolute Gasteiger partial charge is 0.0963 e. The van der Waals surface area contributed by atoms with Crippen molar-refractivity contribution in [1.29, 1.82) is 0 Å². The lowest BCUT2D eigenvalue weighted by molar-refractivity contribution is 0.562. The largest absolute Gasteiger partial charge is 0.267 e. The van der Waals surface area contributed by atoms with Crippen molar-refractivity contribution in [2.45, 2.75) is 51.5 Å². The maximum Gasteiger partial charge on any atom is 0.0963 e. The van der Waals surface area contributed by atoms with E-state index < -0.39 is 0 Å². The molecule has 1 unspecified atom stereocenters. The van der Waals surface area contributed by atoms with Crippen molar-refractivity contribution < 1.29 is 0 Å². The minimum absolute atomic E-state index is 0.266. The van der Waals surface area contributed by atoms with Crippen molar-refractivity contribution in [3.8, 4) is 0 Å². The maximum absolute atomic E-state index is 4.60. The van der Waals surface area contributed by atoms with Gasteiger partial charge in [-0.25, -0.2) is 4.68 Å². The van der Waals surface area contributed by atoms with Crippen molar-refractivity contribution in [1.82, 2.24) is 24.8 Å². The van der Waals surface area contributed by atoms with Gasteiger partial charge < -0.3 is 0 Å². The molecule has 2 aromatic heterocycles. The Balaban J connectivity index is 2.25. The van der Waals surface area contributed by atoms with Gasteiger partial charge in [0.2, 0.25) is 0 Å². The van der Waals surface area contributed by atoms with Crippen LogP contribution in [0.1, 0.15) is 49.1 Å². The number of aryl methyl sites for hydroxylation is 2. The van der Waals surface area contributed by atoms with Gasteiger partial charge in [-0.05, 0) is 35.7 Å². The van der Waals surface area contributed by atoms with E-state index in [2.05, 4.69) is 68.0 Å². The molecule has 0 spiro atoms. The van der Waals surface area contributed by atoms with E-state index >= 15 is 0 Å². The van der Waals surface area contributed by atoms with Gasteiger partial charge in [-0.3, -0.25) is 4.68 Å². The Hall–Kier alpha value is -0.690. The molecule has 0 saturated heterocycles. The molecule has 0 fully saturated rings. The molecule has 2 rings (SSSR count). The monoisotopic (exact) mass is 403 g/mol. The highest BCUT2D eigenvalue weighted by atomic mass is 79.9.